The van der Waals surface area contributed by atoms with E-state index in [2.05, 4.69) is 4.90 Å². The second-order valence-corrected chi connectivity index (χ2v) is 6.39. The number of halogens is 2. The Balaban J connectivity index is 1.58. The van der Waals surface area contributed by atoms with E-state index >= 15 is 0 Å². The number of aliphatic carboxylic acids is 1. The summed E-state index contributed by atoms with van der Waals surface area (Å²) in [6.45, 7) is 1.95. The second-order valence-electron chi connectivity index (χ2n) is 5.55. The number of carboxylic acid groups (broad SMARTS) is 1. The minimum atomic E-state index is -0.718. The molecule has 1 N–H and O–H groups in total. The highest BCUT2D eigenvalue weighted by Crippen LogP contribution is 2.31. The van der Waals surface area contributed by atoms with Gasteiger partial charge in [-0.2, -0.15) is 0 Å². The summed E-state index contributed by atoms with van der Waals surface area (Å²) >= 11 is 11.9. The maximum absolute atomic E-state index is 10.8. The van der Waals surface area contributed by atoms with E-state index in [1.165, 1.54) is 0 Å². The molecule has 6 heteroatoms. The van der Waals surface area contributed by atoms with E-state index in [0.717, 1.165) is 12.1 Å². The van der Waals surface area contributed by atoms with Gasteiger partial charge in [-0.3, -0.25) is 9.69 Å². The van der Waals surface area contributed by atoms with Gasteiger partial charge in [0.15, 0.2) is 0 Å². The molecule has 0 amide bonds. The topological polar surface area (TPSA) is 49.8 Å². The Morgan fingerprint density at radius 2 is 1.87 bits per heavy atom. The standard InChI is InChI=1S/C17H15Cl2NO3/c18-13-3-6-16(15(19)7-13)23-14-4-1-11(2-5-14)8-20-9-12(10-20)17(21)22/h1-7,12H,8-10H2,(H,21,22). The molecule has 3 rings (SSSR count). The van der Waals surface area contributed by atoms with E-state index in [4.69, 9.17) is 33.0 Å². The summed E-state index contributed by atoms with van der Waals surface area (Å²) in [4.78, 5) is 12.9. The first-order chi connectivity index (χ1) is 11.0. The van der Waals surface area contributed by atoms with Crippen LogP contribution in [-0.2, 0) is 11.3 Å². The van der Waals surface area contributed by atoms with Crippen LogP contribution in [0.25, 0.3) is 0 Å². The molecule has 0 radical (unpaired) electrons. The van der Waals surface area contributed by atoms with Gasteiger partial charge in [0.05, 0.1) is 10.9 Å². The molecule has 120 valence electrons. The number of ether oxygens (including phenoxy) is 1. The van der Waals surface area contributed by atoms with Crippen molar-refractivity contribution in [1.82, 2.24) is 4.90 Å². The molecule has 0 bridgehead atoms. The van der Waals surface area contributed by atoms with E-state index < -0.39 is 5.97 Å². The Bertz CT molecular complexity index is 712. The fourth-order valence-electron chi connectivity index (χ4n) is 2.46. The van der Waals surface area contributed by atoms with Gasteiger partial charge in [0.25, 0.3) is 0 Å². The number of hydrogen-bond acceptors (Lipinski definition) is 3. The molecule has 2 aromatic rings. The smallest absolute Gasteiger partial charge is 0.309 e. The summed E-state index contributed by atoms with van der Waals surface area (Å²) in [5.74, 6) is 0.287. The predicted octanol–water partition coefficient (Wildman–Crippen LogP) is 4.30. The van der Waals surface area contributed by atoms with Crippen molar-refractivity contribution in [3.8, 4) is 11.5 Å². The summed E-state index contributed by atoms with van der Waals surface area (Å²) in [5.41, 5.74) is 1.11. The second kappa shape index (κ2) is 6.79. The zero-order chi connectivity index (χ0) is 16.4. The van der Waals surface area contributed by atoms with Crippen molar-refractivity contribution >= 4 is 29.2 Å². The molecule has 0 saturated carbocycles. The van der Waals surface area contributed by atoms with Gasteiger partial charge in [0, 0.05) is 24.7 Å². The third kappa shape index (κ3) is 3.96. The molecular weight excluding hydrogens is 337 g/mol. The Labute approximate surface area is 144 Å². The van der Waals surface area contributed by atoms with Crippen LogP contribution >= 0.6 is 23.2 Å². The molecule has 0 aromatic heterocycles. The molecule has 2 aromatic carbocycles. The highest BCUT2D eigenvalue weighted by molar-refractivity contribution is 6.35. The Morgan fingerprint density at radius 3 is 2.48 bits per heavy atom. The predicted molar refractivity (Wildman–Crippen MR) is 89.4 cm³/mol. The van der Waals surface area contributed by atoms with Gasteiger partial charge in [-0.05, 0) is 35.9 Å². The van der Waals surface area contributed by atoms with Gasteiger partial charge in [0.1, 0.15) is 11.5 Å². The number of carbonyl (C=O) groups is 1. The van der Waals surface area contributed by atoms with E-state index in [1.54, 1.807) is 18.2 Å². The molecule has 23 heavy (non-hydrogen) atoms. The average Bonchev–Trinajstić information content (AvgIpc) is 2.46. The minimum Gasteiger partial charge on any atom is -0.481 e. The Kier molecular flexibility index (Phi) is 4.76. The normalized spacial score (nSPS) is 15.2. The van der Waals surface area contributed by atoms with Crippen LogP contribution in [0.15, 0.2) is 42.5 Å². The number of rotatable bonds is 5. The van der Waals surface area contributed by atoms with Gasteiger partial charge >= 0.3 is 5.97 Å². The molecule has 0 spiro atoms. The quantitative estimate of drug-likeness (QED) is 0.872. The van der Waals surface area contributed by atoms with Crippen LogP contribution in [0.4, 0.5) is 0 Å². The molecule has 0 aliphatic carbocycles. The summed E-state index contributed by atoms with van der Waals surface area (Å²) in [6, 6.07) is 12.8. The first-order valence-corrected chi connectivity index (χ1v) is 7.94. The summed E-state index contributed by atoms with van der Waals surface area (Å²) in [5, 5.41) is 9.89. The number of hydrogen-bond donors (Lipinski definition) is 1. The lowest BCUT2D eigenvalue weighted by molar-refractivity contribution is -0.147. The fourth-order valence-corrected chi connectivity index (χ4v) is 2.91. The molecule has 4 nitrogen and oxygen atoms in total. The van der Waals surface area contributed by atoms with Gasteiger partial charge in [0.2, 0.25) is 0 Å². The first-order valence-electron chi connectivity index (χ1n) is 7.18. The molecule has 0 unspecified atom stereocenters. The molecule has 1 heterocycles. The van der Waals surface area contributed by atoms with Crippen LogP contribution < -0.4 is 4.74 Å². The van der Waals surface area contributed by atoms with Crippen LogP contribution in [0.1, 0.15) is 5.56 Å². The van der Waals surface area contributed by atoms with Gasteiger partial charge in [-0.1, -0.05) is 35.3 Å². The molecule has 1 fully saturated rings. The van der Waals surface area contributed by atoms with Crippen molar-refractivity contribution in [3.05, 3.63) is 58.1 Å². The van der Waals surface area contributed by atoms with Crippen LogP contribution in [0.5, 0.6) is 11.5 Å². The summed E-state index contributed by atoms with van der Waals surface area (Å²) in [6.07, 6.45) is 0. The SMILES string of the molecule is O=C(O)C1CN(Cc2ccc(Oc3ccc(Cl)cc3Cl)cc2)C1. The average molecular weight is 352 g/mol. The molecule has 0 atom stereocenters. The van der Waals surface area contributed by atoms with E-state index in [9.17, 15) is 4.79 Å². The van der Waals surface area contributed by atoms with Crippen LogP contribution in [0.2, 0.25) is 10.0 Å². The van der Waals surface area contributed by atoms with Crippen LogP contribution in [0, 0.1) is 5.92 Å². The molecular formula is C17H15Cl2NO3. The summed E-state index contributed by atoms with van der Waals surface area (Å²) < 4.78 is 5.73. The first kappa shape index (κ1) is 16.1. The molecule has 1 saturated heterocycles. The Hall–Kier alpha value is -1.75. The fraction of sp³-hybridized carbons (Fsp3) is 0.235. The van der Waals surface area contributed by atoms with Crippen molar-refractivity contribution in [3.63, 3.8) is 0 Å². The van der Waals surface area contributed by atoms with Crippen molar-refractivity contribution in [2.24, 2.45) is 5.92 Å². The monoisotopic (exact) mass is 351 g/mol. The van der Waals surface area contributed by atoms with Crippen molar-refractivity contribution in [2.45, 2.75) is 6.54 Å². The number of benzene rings is 2. The third-order valence-corrected chi connectivity index (χ3v) is 4.29. The lowest BCUT2D eigenvalue weighted by atomic mass is 10.00. The van der Waals surface area contributed by atoms with Gasteiger partial charge < -0.3 is 9.84 Å². The van der Waals surface area contributed by atoms with Gasteiger partial charge in [-0.15, -0.1) is 0 Å². The largest absolute Gasteiger partial charge is 0.481 e. The highest BCUT2D eigenvalue weighted by Gasteiger charge is 2.32. The maximum atomic E-state index is 10.8. The number of likely N-dealkylation sites (tertiary alicyclic amines) is 1. The third-order valence-electron chi connectivity index (χ3n) is 3.76. The highest BCUT2D eigenvalue weighted by atomic mass is 35.5. The number of carboxylic acids is 1. The summed E-state index contributed by atoms with van der Waals surface area (Å²) in [7, 11) is 0. The van der Waals surface area contributed by atoms with E-state index in [0.29, 0.717) is 34.6 Å². The van der Waals surface area contributed by atoms with E-state index in [1.807, 2.05) is 24.3 Å². The minimum absolute atomic E-state index is 0.232. The van der Waals surface area contributed by atoms with Crippen molar-refractivity contribution in [1.29, 1.82) is 0 Å². The van der Waals surface area contributed by atoms with Crippen LogP contribution in [-0.4, -0.2) is 29.1 Å². The zero-order valence-electron chi connectivity index (χ0n) is 12.2. The van der Waals surface area contributed by atoms with Crippen LogP contribution in [0.3, 0.4) is 0 Å². The van der Waals surface area contributed by atoms with Crippen molar-refractivity contribution < 1.29 is 14.6 Å². The van der Waals surface area contributed by atoms with Crippen molar-refractivity contribution in [2.75, 3.05) is 13.1 Å². The lowest BCUT2D eigenvalue weighted by Gasteiger charge is -2.36. The van der Waals surface area contributed by atoms with E-state index in [-0.39, 0.29) is 5.92 Å². The number of nitrogens with zero attached hydrogens (tertiary/aromatic N) is 1. The zero-order valence-corrected chi connectivity index (χ0v) is 13.7. The molecule has 1 aliphatic rings. The maximum Gasteiger partial charge on any atom is 0.309 e. The Morgan fingerprint density at radius 1 is 1.17 bits per heavy atom. The lowest BCUT2D eigenvalue weighted by Crippen LogP contribution is -2.49. The molecule has 1 aliphatic heterocycles. The van der Waals surface area contributed by atoms with Gasteiger partial charge in [-0.25, -0.2) is 0 Å².